The van der Waals surface area contributed by atoms with Gasteiger partial charge in [0, 0.05) is 17.1 Å². The maximum absolute atomic E-state index is 6.22. The fourth-order valence-corrected chi connectivity index (χ4v) is 3.48. The molecule has 2 fully saturated rings. The summed E-state index contributed by atoms with van der Waals surface area (Å²) in [7, 11) is 0. The molecule has 6 heteroatoms. The first-order valence-electron chi connectivity index (χ1n) is 9.76. The number of rotatable bonds is 4. The van der Waals surface area contributed by atoms with Gasteiger partial charge in [0.25, 0.3) is 0 Å². The van der Waals surface area contributed by atoms with Crippen molar-refractivity contribution in [3.05, 3.63) is 36.0 Å². The highest BCUT2D eigenvalue weighted by atomic mass is 16.8. The van der Waals surface area contributed by atoms with Crippen molar-refractivity contribution in [1.29, 1.82) is 0 Å². The van der Waals surface area contributed by atoms with E-state index >= 15 is 0 Å². The Morgan fingerprint density at radius 2 is 1.61 bits per heavy atom. The van der Waals surface area contributed by atoms with Crippen LogP contribution in [0.3, 0.4) is 0 Å². The summed E-state index contributed by atoms with van der Waals surface area (Å²) in [6.45, 7) is 12.9. The van der Waals surface area contributed by atoms with E-state index < -0.39 is 23.3 Å². The molecule has 0 radical (unpaired) electrons. The Labute approximate surface area is 166 Å². The van der Waals surface area contributed by atoms with Gasteiger partial charge < -0.3 is 23.7 Å². The first-order valence-corrected chi connectivity index (χ1v) is 9.76. The van der Waals surface area contributed by atoms with Gasteiger partial charge in [-0.2, -0.15) is 0 Å². The summed E-state index contributed by atoms with van der Waals surface area (Å²) in [4.78, 5) is 4.57. The minimum absolute atomic E-state index is 0.113. The van der Waals surface area contributed by atoms with Crippen molar-refractivity contribution in [3.63, 3.8) is 0 Å². The third-order valence-electron chi connectivity index (χ3n) is 5.77. The second kappa shape index (κ2) is 6.66. The Balaban J connectivity index is 1.59. The van der Waals surface area contributed by atoms with Gasteiger partial charge in [-0.05, 0) is 53.0 Å². The van der Waals surface area contributed by atoms with Gasteiger partial charge in [-0.3, -0.25) is 0 Å². The van der Waals surface area contributed by atoms with E-state index in [-0.39, 0.29) is 6.10 Å². The number of hydrogen-bond donors (Lipinski definition) is 0. The lowest BCUT2D eigenvalue weighted by atomic mass is 9.90. The van der Waals surface area contributed by atoms with Gasteiger partial charge in [-0.1, -0.05) is 18.2 Å². The molecule has 0 amide bonds. The topological polar surface area (TPSA) is 59.0 Å². The zero-order chi connectivity index (χ0) is 20.2. The molecule has 0 spiro atoms. The summed E-state index contributed by atoms with van der Waals surface area (Å²) in [5.74, 6) is 0.00797. The monoisotopic (exact) mass is 387 g/mol. The molecule has 2 aliphatic rings. The van der Waals surface area contributed by atoms with Gasteiger partial charge >= 0.3 is 0 Å². The number of fused-ring (bicyclic) bond motifs is 1. The summed E-state index contributed by atoms with van der Waals surface area (Å²) in [5.41, 5.74) is 0.101. The van der Waals surface area contributed by atoms with Crippen LogP contribution in [-0.4, -0.2) is 41.3 Å². The largest absolute Gasteiger partial charge is 0.474 e. The Morgan fingerprint density at radius 1 is 0.964 bits per heavy atom. The van der Waals surface area contributed by atoms with Crippen molar-refractivity contribution in [2.45, 2.75) is 70.9 Å². The van der Waals surface area contributed by atoms with Crippen molar-refractivity contribution >= 4 is 10.8 Å². The standard InChI is InChI=1S/C22H29NO5/c1-20(2)21(3,4)28-19(27-20)17-11-23-18(16-10-8-7-9-15(16)17)24-12-14-13-25-22(5,6)26-14/h7-11,14,19H,12-13H2,1-6H3. The van der Waals surface area contributed by atoms with Crippen molar-refractivity contribution in [3.8, 4) is 5.88 Å². The molecule has 2 saturated heterocycles. The Morgan fingerprint density at radius 3 is 2.21 bits per heavy atom. The van der Waals surface area contributed by atoms with Gasteiger partial charge in [0.05, 0.1) is 17.8 Å². The molecular weight excluding hydrogens is 358 g/mol. The first-order chi connectivity index (χ1) is 13.1. The molecule has 1 atom stereocenters. The second-order valence-electron chi connectivity index (χ2n) is 8.91. The quantitative estimate of drug-likeness (QED) is 0.777. The normalized spacial score (nSPS) is 26.0. The summed E-state index contributed by atoms with van der Waals surface area (Å²) < 4.78 is 29.9. The van der Waals surface area contributed by atoms with Crippen LogP contribution in [0.15, 0.2) is 30.5 Å². The highest BCUT2D eigenvalue weighted by Gasteiger charge is 2.50. The van der Waals surface area contributed by atoms with E-state index in [0.717, 1.165) is 16.3 Å². The van der Waals surface area contributed by atoms with E-state index in [4.69, 9.17) is 23.7 Å². The van der Waals surface area contributed by atoms with E-state index in [1.807, 2.05) is 65.8 Å². The molecule has 1 aromatic heterocycles. The van der Waals surface area contributed by atoms with Gasteiger partial charge in [-0.25, -0.2) is 4.98 Å². The molecule has 0 aliphatic carbocycles. The van der Waals surface area contributed by atoms with Gasteiger partial charge in [-0.15, -0.1) is 0 Å². The van der Waals surface area contributed by atoms with Crippen LogP contribution in [0.4, 0.5) is 0 Å². The van der Waals surface area contributed by atoms with Crippen molar-refractivity contribution < 1.29 is 23.7 Å². The van der Waals surface area contributed by atoms with E-state index in [2.05, 4.69) is 4.98 Å². The third-order valence-corrected chi connectivity index (χ3v) is 5.77. The van der Waals surface area contributed by atoms with Crippen molar-refractivity contribution in [2.75, 3.05) is 13.2 Å². The molecule has 0 saturated carbocycles. The van der Waals surface area contributed by atoms with Crippen LogP contribution < -0.4 is 4.74 Å². The van der Waals surface area contributed by atoms with Crippen molar-refractivity contribution in [2.24, 2.45) is 0 Å². The van der Waals surface area contributed by atoms with Crippen LogP contribution in [0.2, 0.25) is 0 Å². The minimum Gasteiger partial charge on any atom is -0.474 e. The van der Waals surface area contributed by atoms with Crippen LogP contribution in [-0.2, 0) is 18.9 Å². The average molecular weight is 387 g/mol. The zero-order valence-corrected chi connectivity index (χ0v) is 17.4. The zero-order valence-electron chi connectivity index (χ0n) is 17.4. The summed E-state index contributed by atoms with van der Waals surface area (Å²) >= 11 is 0. The smallest absolute Gasteiger partial charge is 0.221 e. The molecule has 0 bridgehead atoms. The number of hydrogen-bond acceptors (Lipinski definition) is 6. The average Bonchev–Trinajstić information content (AvgIpc) is 3.07. The molecule has 2 aromatic rings. The van der Waals surface area contributed by atoms with E-state index in [1.54, 1.807) is 6.20 Å². The lowest BCUT2D eigenvalue weighted by Gasteiger charge is -2.30. The molecular formula is C22H29NO5. The molecule has 1 unspecified atom stereocenters. The van der Waals surface area contributed by atoms with E-state index in [9.17, 15) is 0 Å². The number of pyridine rings is 1. The second-order valence-corrected chi connectivity index (χ2v) is 8.91. The van der Waals surface area contributed by atoms with Crippen LogP contribution in [0.1, 0.15) is 53.4 Å². The van der Waals surface area contributed by atoms with Gasteiger partial charge in [0.15, 0.2) is 12.1 Å². The van der Waals surface area contributed by atoms with E-state index in [1.165, 1.54) is 0 Å². The Hall–Kier alpha value is -1.73. The fraction of sp³-hybridized carbons (Fsp3) is 0.591. The third kappa shape index (κ3) is 3.50. The SMILES string of the molecule is CC1(C)OCC(COc2ncc(C3OC(C)(C)C(C)(C)O3)c3ccccc23)O1. The predicted octanol–water partition coefficient (Wildman–Crippen LogP) is 4.37. The van der Waals surface area contributed by atoms with Crippen molar-refractivity contribution in [1.82, 2.24) is 4.98 Å². The number of ether oxygens (including phenoxy) is 5. The molecule has 28 heavy (non-hydrogen) atoms. The summed E-state index contributed by atoms with van der Waals surface area (Å²) in [6, 6.07) is 8.02. The summed E-state index contributed by atoms with van der Waals surface area (Å²) in [5, 5.41) is 1.93. The van der Waals surface area contributed by atoms with Crippen LogP contribution in [0, 0.1) is 0 Å². The predicted molar refractivity (Wildman–Crippen MR) is 105 cm³/mol. The Bertz CT molecular complexity index is 860. The van der Waals surface area contributed by atoms with Crippen LogP contribution in [0.5, 0.6) is 5.88 Å². The van der Waals surface area contributed by atoms with Crippen LogP contribution in [0.25, 0.3) is 10.8 Å². The molecule has 3 heterocycles. The maximum atomic E-state index is 6.22. The van der Waals surface area contributed by atoms with E-state index in [0.29, 0.717) is 19.1 Å². The summed E-state index contributed by atoms with van der Waals surface area (Å²) in [6.07, 6.45) is 1.21. The minimum atomic E-state index is -0.565. The lowest BCUT2D eigenvalue weighted by Crippen LogP contribution is -2.41. The van der Waals surface area contributed by atoms with Gasteiger partial charge in [0.2, 0.25) is 5.88 Å². The number of nitrogens with zero attached hydrogens (tertiary/aromatic N) is 1. The fourth-order valence-electron chi connectivity index (χ4n) is 3.48. The molecule has 152 valence electrons. The maximum Gasteiger partial charge on any atom is 0.221 e. The lowest BCUT2D eigenvalue weighted by molar-refractivity contribution is -0.141. The molecule has 0 N–H and O–H groups in total. The molecule has 2 aliphatic heterocycles. The Kier molecular flexibility index (Phi) is 4.66. The van der Waals surface area contributed by atoms with Crippen LogP contribution >= 0.6 is 0 Å². The molecule has 1 aromatic carbocycles. The number of aromatic nitrogens is 1. The highest BCUT2D eigenvalue weighted by Crippen LogP contribution is 2.46. The van der Waals surface area contributed by atoms with Gasteiger partial charge in [0.1, 0.15) is 12.7 Å². The number of benzene rings is 1. The molecule has 4 rings (SSSR count). The molecule has 6 nitrogen and oxygen atoms in total. The first kappa shape index (κ1) is 19.6. The highest BCUT2D eigenvalue weighted by molar-refractivity contribution is 5.89.